The molecular weight excluding hydrogens is 290 g/mol. The van der Waals surface area contributed by atoms with Crippen LogP contribution in [0.1, 0.15) is 12.0 Å². The van der Waals surface area contributed by atoms with Crippen LogP contribution in [0.3, 0.4) is 0 Å². The number of imidazole rings is 1. The molecule has 0 bridgehead atoms. The molecular formula is C18H21N3O2. The van der Waals surface area contributed by atoms with E-state index in [0.29, 0.717) is 6.54 Å². The van der Waals surface area contributed by atoms with Crippen molar-refractivity contribution < 1.29 is 9.47 Å². The number of benzene rings is 1. The fraction of sp³-hybridized carbons (Fsp3) is 0.278. The molecule has 0 amide bonds. The van der Waals surface area contributed by atoms with E-state index in [1.54, 1.807) is 20.4 Å². The molecule has 0 radical (unpaired) electrons. The van der Waals surface area contributed by atoms with Crippen LogP contribution in [0.2, 0.25) is 0 Å². The summed E-state index contributed by atoms with van der Waals surface area (Å²) < 4.78 is 13.0. The maximum absolute atomic E-state index is 5.62. The van der Waals surface area contributed by atoms with Crippen LogP contribution in [0.15, 0.2) is 42.9 Å². The highest BCUT2D eigenvalue weighted by Crippen LogP contribution is 2.34. The van der Waals surface area contributed by atoms with E-state index in [1.807, 2.05) is 28.9 Å². The van der Waals surface area contributed by atoms with E-state index >= 15 is 0 Å². The molecule has 0 aliphatic carbocycles. The largest absolute Gasteiger partial charge is 0.496 e. The summed E-state index contributed by atoms with van der Waals surface area (Å²) in [5.41, 5.74) is 9.73. The van der Waals surface area contributed by atoms with Crippen LogP contribution >= 0.6 is 0 Å². The lowest BCUT2D eigenvalue weighted by molar-refractivity contribution is 0.414. The number of nitrogens with zero attached hydrogens (tertiary/aromatic N) is 2. The third kappa shape index (κ3) is 3.00. The van der Waals surface area contributed by atoms with E-state index in [9.17, 15) is 0 Å². The fourth-order valence-electron chi connectivity index (χ4n) is 2.74. The lowest BCUT2D eigenvalue weighted by atomic mass is 10.0. The second kappa shape index (κ2) is 6.71. The van der Waals surface area contributed by atoms with Gasteiger partial charge >= 0.3 is 0 Å². The number of methoxy groups -OCH3 is 2. The van der Waals surface area contributed by atoms with E-state index in [-0.39, 0.29) is 0 Å². The zero-order valence-corrected chi connectivity index (χ0v) is 13.5. The molecule has 0 unspecified atom stereocenters. The quantitative estimate of drug-likeness (QED) is 0.760. The van der Waals surface area contributed by atoms with Gasteiger partial charge in [0.05, 0.1) is 14.2 Å². The van der Waals surface area contributed by atoms with Crippen LogP contribution in [-0.4, -0.2) is 30.1 Å². The number of hydrogen-bond acceptors (Lipinski definition) is 4. The summed E-state index contributed by atoms with van der Waals surface area (Å²) in [6.07, 6.45) is 7.63. The van der Waals surface area contributed by atoms with Crippen molar-refractivity contribution in [2.24, 2.45) is 5.73 Å². The molecule has 23 heavy (non-hydrogen) atoms. The minimum Gasteiger partial charge on any atom is -0.496 e. The second-order valence-corrected chi connectivity index (χ2v) is 5.38. The molecule has 0 fully saturated rings. The van der Waals surface area contributed by atoms with Gasteiger partial charge in [-0.25, -0.2) is 4.98 Å². The highest BCUT2D eigenvalue weighted by molar-refractivity contribution is 5.74. The fourth-order valence-corrected chi connectivity index (χ4v) is 2.74. The van der Waals surface area contributed by atoms with Gasteiger partial charge in [-0.3, -0.25) is 0 Å². The Hall–Kier alpha value is -2.53. The first-order valence-corrected chi connectivity index (χ1v) is 7.65. The van der Waals surface area contributed by atoms with Crippen molar-refractivity contribution >= 4 is 5.65 Å². The van der Waals surface area contributed by atoms with Gasteiger partial charge in [0.25, 0.3) is 0 Å². The standard InChI is InChI=1S/C18H21N3O2/c1-22-16-6-5-13(4-3-7-19)10-15(16)14-11-17(23-2)18-20-8-9-21(18)12-14/h5-6,8-12H,3-4,7,19H2,1-2H3. The summed E-state index contributed by atoms with van der Waals surface area (Å²) in [7, 11) is 3.34. The molecule has 0 saturated carbocycles. The van der Waals surface area contributed by atoms with Crippen molar-refractivity contribution in [3.05, 3.63) is 48.4 Å². The van der Waals surface area contributed by atoms with Gasteiger partial charge in [-0.05, 0) is 43.1 Å². The maximum Gasteiger partial charge on any atom is 0.179 e. The molecule has 3 rings (SSSR count). The molecule has 0 aliphatic rings. The molecule has 0 spiro atoms. The van der Waals surface area contributed by atoms with Gasteiger partial charge in [0.15, 0.2) is 11.4 Å². The first-order valence-electron chi connectivity index (χ1n) is 7.65. The molecule has 5 nitrogen and oxygen atoms in total. The molecule has 3 aromatic rings. The number of fused-ring (bicyclic) bond motifs is 1. The molecule has 0 atom stereocenters. The average Bonchev–Trinajstić information content (AvgIpc) is 3.07. The van der Waals surface area contributed by atoms with Gasteiger partial charge in [0, 0.05) is 29.7 Å². The summed E-state index contributed by atoms with van der Waals surface area (Å²) in [5.74, 6) is 1.57. The topological polar surface area (TPSA) is 61.8 Å². The van der Waals surface area contributed by atoms with Crippen LogP contribution in [0.5, 0.6) is 11.5 Å². The molecule has 0 saturated heterocycles. The number of hydrogen-bond donors (Lipinski definition) is 1. The van der Waals surface area contributed by atoms with Crippen molar-refractivity contribution in [1.82, 2.24) is 9.38 Å². The highest BCUT2D eigenvalue weighted by Gasteiger charge is 2.12. The van der Waals surface area contributed by atoms with E-state index in [2.05, 4.69) is 17.1 Å². The normalized spacial score (nSPS) is 10.9. The number of ether oxygens (including phenoxy) is 2. The Kier molecular flexibility index (Phi) is 4.48. The lowest BCUT2D eigenvalue weighted by Gasteiger charge is -2.13. The zero-order chi connectivity index (χ0) is 16.2. The summed E-state index contributed by atoms with van der Waals surface area (Å²) in [6, 6.07) is 8.25. The zero-order valence-electron chi connectivity index (χ0n) is 13.5. The predicted molar refractivity (Wildman–Crippen MR) is 91.1 cm³/mol. The van der Waals surface area contributed by atoms with Crippen LogP contribution < -0.4 is 15.2 Å². The monoisotopic (exact) mass is 311 g/mol. The van der Waals surface area contributed by atoms with Crippen molar-refractivity contribution in [3.8, 4) is 22.6 Å². The summed E-state index contributed by atoms with van der Waals surface area (Å²) >= 11 is 0. The van der Waals surface area contributed by atoms with E-state index in [0.717, 1.165) is 41.1 Å². The van der Waals surface area contributed by atoms with E-state index in [4.69, 9.17) is 15.2 Å². The SMILES string of the molecule is COc1ccc(CCCN)cc1-c1cc(OC)c2nccn2c1. The minimum absolute atomic E-state index is 0.691. The third-order valence-corrected chi connectivity index (χ3v) is 3.92. The number of rotatable bonds is 6. The summed E-state index contributed by atoms with van der Waals surface area (Å²) in [4.78, 5) is 4.32. The van der Waals surface area contributed by atoms with Crippen molar-refractivity contribution in [1.29, 1.82) is 0 Å². The summed E-state index contributed by atoms with van der Waals surface area (Å²) in [5, 5.41) is 0. The third-order valence-electron chi connectivity index (χ3n) is 3.92. The summed E-state index contributed by atoms with van der Waals surface area (Å²) in [6.45, 7) is 0.691. The molecule has 0 aliphatic heterocycles. The molecule has 2 N–H and O–H groups in total. The first-order chi connectivity index (χ1) is 11.3. The Morgan fingerprint density at radius 3 is 2.70 bits per heavy atom. The van der Waals surface area contributed by atoms with Crippen LogP contribution in [0, 0.1) is 0 Å². The van der Waals surface area contributed by atoms with Gasteiger partial charge in [-0.1, -0.05) is 6.07 Å². The van der Waals surface area contributed by atoms with Crippen molar-refractivity contribution in [2.45, 2.75) is 12.8 Å². The number of aromatic nitrogens is 2. The van der Waals surface area contributed by atoms with E-state index in [1.165, 1.54) is 5.56 Å². The van der Waals surface area contributed by atoms with Crippen LogP contribution in [0.25, 0.3) is 16.8 Å². The van der Waals surface area contributed by atoms with Crippen LogP contribution in [0.4, 0.5) is 0 Å². The molecule has 1 aromatic carbocycles. The minimum atomic E-state index is 0.691. The number of aryl methyl sites for hydroxylation is 1. The highest BCUT2D eigenvalue weighted by atomic mass is 16.5. The second-order valence-electron chi connectivity index (χ2n) is 5.38. The Balaban J connectivity index is 2.12. The van der Waals surface area contributed by atoms with E-state index < -0.39 is 0 Å². The number of nitrogens with two attached hydrogens (primary N) is 1. The molecule has 2 aromatic heterocycles. The number of pyridine rings is 1. The molecule has 2 heterocycles. The first kappa shape index (κ1) is 15.4. The van der Waals surface area contributed by atoms with Gasteiger partial charge in [0.2, 0.25) is 0 Å². The van der Waals surface area contributed by atoms with Gasteiger partial charge in [-0.15, -0.1) is 0 Å². The Morgan fingerprint density at radius 1 is 1.13 bits per heavy atom. The van der Waals surface area contributed by atoms with Gasteiger partial charge < -0.3 is 19.6 Å². The Bertz CT molecular complexity index is 811. The van der Waals surface area contributed by atoms with Crippen molar-refractivity contribution in [3.63, 3.8) is 0 Å². The molecule has 120 valence electrons. The average molecular weight is 311 g/mol. The lowest BCUT2D eigenvalue weighted by Crippen LogP contribution is -2.01. The van der Waals surface area contributed by atoms with Crippen LogP contribution in [-0.2, 0) is 6.42 Å². The Morgan fingerprint density at radius 2 is 1.96 bits per heavy atom. The smallest absolute Gasteiger partial charge is 0.179 e. The predicted octanol–water partition coefficient (Wildman–Crippen LogP) is 2.91. The maximum atomic E-state index is 5.62. The van der Waals surface area contributed by atoms with Gasteiger partial charge in [-0.2, -0.15) is 0 Å². The van der Waals surface area contributed by atoms with Crippen molar-refractivity contribution in [2.75, 3.05) is 20.8 Å². The Labute approximate surface area is 135 Å². The van der Waals surface area contributed by atoms with Gasteiger partial charge in [0.1, 0.15) is 5.75 Å². The molecule has 5 heteroatoms.